The smallest absolute Gasteiger partial charge is 0.150 e. The monoisotopic (exact) mass is 271 g/mol. The molecule has 0 aromatic carbocycles. The number of aromatic nitrogens is 1. The molecule has 0 saturated carbocycles. The zero-order valence-electron chi connectivity index (χ0n) is 11.3. The first-order chi connectivity index (χ1) is 8.08. The van der Waals surface area contributed by atoms with Gasteiger partial charge in [-0.25, -0.2) is 0 Å². The van der Waals surface area contributed by atoms with Crippen LogP contribution in [0.15, 0.2) is 24.5 Å². The van der Waals surface area contributed by atoms with Crippen LogP contribution in [0.2, 0.25) is 19.1 Å². The predicted octanol–water partition coefficient (Wildman–Crippen LogP) is 5.27. The highest BCUT2D eigenvalue weighted by Gasteiger charge is 2.15. The summed E-state index contributed by atoms with van der Waals surface area (Å²) in [5.41, 5.74) is 0. The molecule has 0 aliphatic heterocycles. The van der Waals surface area contributed by atoms with Crippen LogP contribution in [0.5, 0.6) is 0 Å². The minimum atomic E-state index is -1.30. The van der Waals surface area contributed by atoms with Crippen molar-refractivity contribution in [2.75, 3.05) is 0 Å². The second-order valence-corrected chi connectivity index (χ2v) is 12.5. The SMILES string of the molecule is C[Si](C)(Cl)CCCCCCCCn1cccc1. The van der Waals surface area contributed by atoms with Gasteiger partial charge >= 0.3 is 0 Å². The number of unbranched alkanes of at least 4 members (excludes halogenated alkanes) is 5. The summed E-state index contributed by atoms with van der Waals surface area (Å²) in [4.78, 5) is 0. The number of nitrogens with zero attached hydrogens (tertiary/aromatic N) is 1. The maximum atomic E-state index is 6.29. The van der Waals surface area contributed by atoms with Gasteiger partial charge in [-0.15, -0.1) is 0 Å². The van der Waals surface area contributed by atoms with Crippen LogP contribution >= 0.6 is 11.1 Å². The Kier molecular flexibility index (Phi) is 6.98. The van der Waals surface area contributed by atoms with Crippen molar-refractivity contribution in [2.45, 2.75) is 64.2 Å². The van der Waals surface area contributed by atoms with E-state index in [1.165, 1.54) is 51.1 Å². The van der Waals surface area contributed by atoms with Gasteiger partial charge in [0.15, 0.2) is 0 Å². The van der Waals surface area contributed by atoms with Crippen LogP contribution in [-0.4, -0.2) is 12.0 Å². The topological polar surface area (TPSA) is 4.93 Å². The van der Waals surface area contributed by atoms with Crippen molar-refractivity contribution in [3.63, 3.8) is 0 Å². The molecule has 0 aliphatic rings. The molecule has 0 unspecified atom stereocenters. The first-order valence-electron chi connectivity index (χ1n) is 6.88. The maximum absolute atomic E-state index is 6.29. The highest BCUT2D eigenvalue weighted by Crippen LogP contribution is 2.19. The first-order valence-corrected chi connectivity index (χ1v) is 11.1. The van der Waals surface area contributed by atoms with Crippen molar-refractivity contribution in [1.82, 2.24) is 4.57 Å². The molecule has 1 aromatic heterocycles. The van der Waals surface area contributed by atoms with E-state index in [1.807, 2.05) is 0 Å². The zero-order chi connectivity index (χ0) is 12.6. The van der Waals surface area contributed by atoms with E-state index in [-0.39, 0.29) is 0 Å². The fourth-order valence-corrected chi connectivity index (χ4v) is 3.56. The molecule has 0 amide bonds. The summed E-state index contributed by atoms with van der Waals surface area (Å²) in [6.45, 7) is 5.66. The Labute approximate surface area is 112 Å². The van der Waals surface area contributed by atoms with Crippen LogP contribution in [0.4, 0.5) is 0 Å². The molecular formula is C14H26ClNSi. The van der Waals surface area contributed by atoms with E-state index >= 15 is 0 Å². The Morgan fingerprint density at radius 3 is 2.00 bits per heavy atom. The number of rotatable bonds is 9. The second-order valence-electron chi connectivity index (χ2n) is 5.51. The van der Waals surface area contributed by atoms with Gasteiger partial charge in [-0.3, -0.25) is 0 Å². The molecule has 0 aliphatic carbocycles. The summed E-state index contributed by atoms with van der Waals surface area (Å²) in [5.74, 6) is 0. The average Bonchev–Trinajstić information content (AvgIpc) is 2.73. The Balaban J connectivity index is 1.85. The lowest BCUT2D eigenvalue weighted by molar-refractivity contribution is 0.558. The van der Waals surface area contributed by atoms with Crippen molar-refractivity contribution in [1.29, 1.82) is 0 Å². The van der Waals surface area contributed by atoms with Crippen molar-refractivity contribution >= 4 is 18.5 Å². The summed E-state index contributed by atoms with van der Waals surface area (Å²) >= 11 is 6.29. The Morgan fingerprint density at radius 1 is 0.882 bits per heavy atom. The van der Waals surface area contributed by atoms with Crippen LogP contribution < -0.4 is 0 Å². The summed E-state index contributed by atoms with van der Waals surface area (Å²) < 4.78 is 2.27. The van der Waals surface area contributed by atoms with Crippen molar-refractivity contribution in [3.05, 3.63) is 24.5 Å². The molecule has 0 N–H and O–H groups in total. The minimum absolute atomic E-state index is 1.18. The van der Waals surface area contributed by atoms with Crippen LogP contribution in [0.1, 0.15) is 38.5 Å². The normalized spacial score (nSPS) is 11.9. The summed E-state index contributed by atoms with van der Waals surface area (Å²) in [6, 6.07) is 5.47. The van der Waals surface area contributed by atoms with E-state index in [4.69, 9.17) is 11.1 Å². The van der Waals surface area contributed by atoms with Gasteiger partial charge in [0.2, 0.25) is 0 Å². The Hall–Kier alpha value is -0.213. The number of hydrogen-bond acceptors (Lipinski definition) is 0. The Morgan fingerprint density at radius 2 is 1.41 bits per heavy atom. The molecule has 0 radical (unpaired) electrons. The minimum Gasteiger partial charge on any atom is -0.354 e. The lowest BCUT2D eigenvalue weighted by Gasteiger charge is -2.11. The van der Waals surface area contributed by atoms with E-state index in [0.717, 1.165) is 0 Å². The van der Waals surface area contributed by atoms with Crippen LogP contribution in [0.25, 0.3) is 0 Å². The molecule has 1 nitrogen and oxygen atoms in total. The molecule has 0 spiro atoms. The molecule has 1 heterocycles. The fourth-order valence-electron chi connectivity index (χ4n) is 2.07. The third-order valence-corrected chi connectivity index (χ3v) is 5.21. The second kappa shape index (κ2) is 7.99. The molecule has 3 heteroatoms. The van der Waals surface area contributed by atoms with Crippen LogP contribution in [-0.2, 0) is 6.54 Å². The van der Waals surface area contributed by atoms with Crippen LogP contribution in [0.3, 0.4) is 0 Å². The first kappa shape index (κ1) is 14.8. The zero-order valence-corrected chi connectivity index (χ0v) is 13.0. The molecule has 1 rings (SSSR count). The third-order valence-electron chi connectivity index (χ3n) is 3.10. The quantitative estimate of drug-likeness (QED) is 0.327. The van der Waals surface area contributed by atoms with Crippen LogP contribution in [0, 0.1) is 0 Å². The number of hydrogen-bond donors (Lipinski definition) is 0. The standard InChI is InChI=1S/C14H26ClNSi/c1-17(2,15)14-10-6-4-3-5-7-11-16-12-8-9-13-16/h8-9,12-13H,3-7,10-11,14H2,1-2H3. The molecule has 0 atom stereocenters. The van der Waals surface area contributed by atoms with Crippen molar-refractivity contribution in [3.8, 4) is 0 Å². The lowest BCUT2D eigenvalue weighted by atomic mass is 10.1. The summed E-state index contributed by atoms with van der Waals surface area (Å²) in [7, 11) is -1.30. The summed E-state index contributed by atoms with van der Waals surface area (Å²) in [6.07, 6.45) is 12.4. The number of aryl methyl sites for hydroxylation is 1. The van der Waals surface area contributed by atoms with Gasteiger partial charge < -0.3 is 4.57 Å². The molecule has 0 saturated heterocycles. The largest absolute Gasteiger partial charge is 0.354 e. The predicted molar refractivity (Wildman–Crippen MR) is 80.3 cm³/mol. The Bertz CT molecular complexity index is 277. The summed E-state index contributed by atoms with van der Waals surface area (Å²) in [5, 5.41) is 0. The van der Waals surface area contributed by atoms with Gasteiger partial charge in [-0.05, 0) is 24.6 Å². The molecule has 98 valence electrons. The van der Waals surface area contributed by atoms with Crippen molar-refractivity contribution in [2.24, 2.45) is 0 Å². The molecule has 17 heavy (non-hydrogen) atoms. The van der Waals surface area contributed by atoms with Gasteiger partial charge in [0.05, 0.1) is 0 Å². The van der Waals surface area contributed by atoms with Gasteiger partial charge in [0.25, 0.3) is 0 Å². The molecule has 1 aromatic rings. The van der Waals surface area contributed by atoms with Gasteiger partial charge in [-0.2, -0.15) is 11.1 Å². The van der Waals surface area contributed by atoms with Crippen molar-refractivity contribution < 1.29 is 0 Å². The van der Waals surface area contributed by atoms with E-state index in [9.17, 15) is 0 Å². The van der Waals surface area contributed by atoms with Gasteiger partial charge in [0.1, 0.15) is 7.38 Å². The molecule has 0 fully saturated rings. The highest BCUT2D eigenvalue weighted by atomic mass is 35.6. The maximum Gasteiger partial charge on any atom is 0.150 e. The average molecular weight is 272 g/mol. The van der Waals surface area contributed by atoms with E-state index < -0.39 is 7.38 Å². The van der Waals surface area contributed by atoms with Gasteiger partial charge in [0, 0.05) is 18.9 Å². The van der Waals surface area contributed by atoms with E-state index in [1.54, 1.807) is 0 Å². The number of halogens is 1. The highest BCUT2D eigenvalue weighted by molar-refractivity contribution is 7.19. The van der Waals surface area contributed by atoms with E-state index in [0.29, 0.717) is 0 Å². The molecular weight excluding hydrogens is 246 g/mol. The van der Waals surface area contributed by atoms with E-state index in [2.05, 4.69) is 42.2 Å². The lowest BCUT2D eigenvalue weighted by Crippen LogP contribution is -2.14. The molecule has 0 bridgehead atoms. The third kappa shape index (κ3) is 8.50. The fraction of sp³-hybridized carbons (Fsp3) is 0.714. The van der Waals surface area contributed by atoms with Gasteiger partial charge in [-0.1, -0.05) is 45.2 Å².